The number of halogens is 4. The Morgan fingerprint density at radius 2 is 1.62 bits per heavy atom. The maximum atomic E-state index is 13.1. The number of nitrogens with zero attached hydrogens (tertiary/aromatic N) is 2. The first-order chi connectivity index (χ1) is 17.5. The normalized spacial score (nSPS) is 15.6. The molecule has 2 aliphatic rings. The molecular weight excluding hydrogens is 496 g/mol. The number of aryl methyl sites for hydroxylation is 1. The Kier molecular flexibility index (Phi) is 9.45. The third kappa shape index (κ3) is 8.17. The molecule has 2 amide bonds. The zero-order valence-electron chi connectivity index (χ0n) is 20.0. The molecule has 0 aromatic heterocycles. The van der Waals surface area contributed by atoms with Gasteiger partial charge in [0.2, 0.25) is 5.91 Å². The number of nitrogens with one attached hydrogen (secondary N) is 2. The van der Waals surface area contributed by atoms with Gasteiger partial charge in [-0.2, -0.15) is 13.2 Å². The van der Waals surface area contributed by atoms with E-state index in [4.69, 9.17) is 9.90 Å². The third-order valence-corrected chi connectivity index (χ3v) is 6.05. The molecule has 200 valence electrons. The first kappa shape index (κ1) is 27.9. The van der Waals surface area contributed by atoms with Crippen molar-refractivity contribution in [3.8, 4) is 0 Å². The average molecular weight is 525 g/mol. The average Bonchev–Trinajstić information content (AvgIpc) is 3.12. The minimum absolute atomic E-state index is 0.00921. The first-order valence-corrected chi connectivity index (χ1v) is 11.7. The number of alkyl halides is 3. The fourth-order valence-electron chi connectivity index (χ4n) is 4.04. The second kappa shape index (κ2) is 12.5. The number of carboxylic acid groups (broad SMARTS) is 1. The Bertz CT molecular complexity index is 1100. The van der Waals surface area contributed by atoms with Gasteiger partial charge >= 0.3 is 12.1 Å². The van der Waals surface area contributed by atoms with Crippen molar-refractivity contribution in [1.82, 2.24) is 15.5 Å². The van der Waals surface area contributed by atoms with Crippen molar-refractivity contribution in [1.29, 1.82) is 0 Å². The molecule has 4 rings (SSSR count). The van der Waals surface area contributed by atoms with Crippen LogP contribution in [-0.4, -0.2) is 73.2 Å². The minimum Gasteiger partial charge on any atom is -0.475 e. The lowest BCUT2D eigenvalue weighted by Gasteiger charge is -2.36. The number of benzene rings is 2. The number of hydrogen-bond donors (Lipinski definition) is 3. The largest absolute Gasteiger partial charge is 0.490 e. The summed E-state index contributed by atoms with van der Waals surface area (Å²) < 4.78 is 44.8. The van der Waals surface area contributed by atoms with Crippen molar-refractivity contribution >= 4 is 23.5 Å². The van der Waals surface area contributed by atoms with Gasteiger partial charge in [0.05, 0.1) is 6.54 Å². The molecule has 0 radical (unpaired) electrons. The molecule has 2 aliphatic heterocycles. The maximum Gasteiger partial charge on any atom is 0.490 e. The van der Waals surface area contributed by atoms with Crippen LogP contribution in [0, 0.1) is 5.82 Å². The second-order valence-corrected chi connectivity index (χ2v) is 8.59. The van der Waals surface area contributed by atoms with Crippen LogP contribution >= 0.6 is 0 Å². The smallest absolute Gasteiger partial charge is 0.475 e. The van der Waals surface area contributed by atoms with E-state index < -0.39 is 12.1 Å². The lowest BCUT2D eigenvalue weighted by molar-refractivity contribution is -0.192. The van der Waals surface area contributed by atoms with Crippen LogP contribution in [-0.2, 0) is 22.6 Å². The lowest BCUT2D eigenvalue weighted by atomic mass is 10.0. The summed E-state index contributed by atoms with van der Waals surface area (Å²) in [7, 11) is 0. The number of carboxylic acids is 1. The predicted molar refractivity (Wildman–Crippen MR) is 128 cm³/mol. The van der Waals surface area contributed by atoms with Gasteiger partial charge in [0.25, 0.3) is 5.91 Å². The molecule has 8 nitrogen and oxygen atoms in total. The number of amides is 2. The molecule has 1 saturated heterocycles. The van der Waals surface area contributed by atoms with E-state index in [1.54, 1.807) is 17.0 Å². The van der Waals surface area contributed by atoms with E-state index in [0.29, 0.717) is 31.7 Å². The summed E-state index contributed by atoms with van der Waals surface area (Å²) in [4.78, 5) is 37.9. The van der Waals surface area contributed by atoms with E-state index in [2.05, 4.69) is 15.5 Å². The number of carbonyl (C=O) groups excluding carboxylic acids is 2. The van der Waals surface area contributed by atoms with Gasteiger partial charge in [-0.05, 0) is 66.9 Å². The van der Waals surface area contributed by atoms with Crippen molar-refractivity contribution in [2.45, 2.75) is 25.6 Å². The summed E-state index contributed by atoms with van der Waals surface area (Å²) in [5.41, 5.74) is 3.98. The Hall–Kier alpha value is -3.67. The molecule has 0 bridgehead atoms. The van der Waals surface area contributed by atoms with E-state index in [1.165, 1.54) is 17.7 Å². The number of carbonyl (C=O) groups is 3. The molecule has 0 aliphatic carbocycles. The summed E-state index contributed by atoms with van der Waals surface area (Å²) in [6, 6.07) is 12.2. The Labute approximate surface area is 211 Å². The van der Waals surface area contributed by atoms with Gasteiger partial charge < -0.3 is 25.5 Å². The summed E-state index contributed by atoms with van der Waals surface area (Å²) >= 11 is 0. The topological polar surface area (TPSA) is 102 Å². The Morgan fingerprint density at radius 1 is 0.973 bits per heavy atom. The van der Waals surface area contributed by atoms with Gasteiger partial charge in [-0.25, -0.2) is 9.18 Å². The first-order valence-electron chi connectivity index (χ1n) is 11.7. The van der Waals surface area contributed by atoms with Crippen LogP contribution in [0.3, 0.4) is 0 Å². The van der Waals surface area contributed by atoms with Gasteiger partial charge in [-0.15, -0.1) is 0 Å². The zero-order valence-corrected chi connectivity index (χ0v) is 20.0. The maximum absolute atomic E-state index is 13.1. The number of anilines is 1. The number of piperazine rings is 1. The summed E-state index contributed by atoms with van der Waals surface area (Å²) in [6.45, 7) is 4.27. The quantitative estimate of drug-likeness (QED) is 0.532. The molecule has 0 spiro atoms. The van der Waals surface area contributed by atoms with E-state index in [9.17, 15) is 27.2 Å². The number of aliphatic carboxylic acids is 1. The van der Waals surface area contributed by atoms with Gasteiger partial charge in [-0.3, -0.25) is 9.59 Å². The third-order valence-electron chi connectivity index (χ3n) is 6.05. The molecule has 0 unspecified atom stereocenters. The van der Waals surface area contributed by atoms with E-state index in [1.807, 2.05) is 18.2 Å². The highest BCUT2D eigenvalue weighted by Crippen LogP contribution is 2.18. The Balaban J connectivity index is 0.000000479. The highest BCUT2D eigenvalue weighted by atomic mass is 19.4. The van der Waals surface area contributed by atoms with Gasteiger partial charge in [0, 0.05) is 44.0 Å². The number of fused-ring (bicyclic) bond motifs is 1. The van der Waals surface area contributed by atoms with E-state index >= 15 is 0 Å². The van der Waals surface area contributed by atoms with Crippen LogP contribution in [0.15, 0.2) is 42.5 Å². The summed E-state index contributed by atoms with van der Waals surface area (Å²) in [5, 5.41) is 13.3. The molecular formula is C25H28F4N4O4. The fourth-order valence-corrected chi connectivity index (χ4v) is 4.04. The van der Waals surface area contributed by atoms with Gasteiger partial charge in [0.15, 0.2) is 0 Å². The van der Waals surface area contributed by atoms with Crippen LogP contribution in [0.5, 0.6) is 0 Å². The molecule has 3 N–H and O–H groups in total. The molecule has 2 aromatic carbocycles. The van der Waals surface area contributed by atoms with Gasteiger partial charge in [-0.1, -0.05) is 6.07 Å². The molecule has 12 heteroatoms. The van der Waals surface area contributed by atoms with Crippen molar-refractivity contribution in [3.63, 3.8) is 0 Å². The van der Waals surface area contributed by atoms with Crippen LogP contribution in [0.4, 0.5) is 23.2 Å². The van der Waals surface area contributed by atoms with Crippen molar-refractivity contribution in [2.75, 3.05) is 44.2 Å². The number of rotatable bonds is 4. The fraction of sp³-hybridized carbons (Fsp3) is 0.400. The lowest BCUT2D eigenvalue weighted by Crippen LogP contribution is -2.51. The van der Waals surface area contributed by atoms with Crippen molar-refractivity contribution in [2.24, 2.45) is 0 Å². The minimum atomic E-state index is -5.08. The molecule has 2 aromatic rings. The van der Waals surface area contributed by atoms with Crippen LogP contribution in [0.25, 0.3) is 0 Å². The molecule has 1 fully saturated rings. The van der Waals surface area contributed by atoms with Crippen LogP contribution < -0.4 is 15.5 Å². The zero-order chi connectivity index (χ0) is 27.0. The van der Waals surface area contributed by atoms with E-state index in [0.717, 1.165) is 37.2 Å². The number of hydrogen-bond acceptors (Lipinski definition) is 5. The molecule has 0 atom stereocenters. The summed E-state index contributed by atoms with van der Waals surface area (Å²) in [5.74, 6) is -3.32. The monoisotopic (exact) mass is 524 g/mol. The van der Waals surface area contributed by atoms with Crippen molar-refractivity contribution < 1.29 is 37.1 Å². The highest BCUT2D eigenvalue weighted by Gasteiger charge is 2.38. The second-order valence-electron chi connectivity index (χ2n) is 8.59. The Morgan fingerprint density at radius 3 is 2.24 bits per heavy atom. The van der Waals surface area contributed by atoms with Crippen molar-refractivity contribution in [3.05, 3.63) is 65.0 Å². The predicted octanol–water partition coefficient (Wildman–Crippen LogP) is 2.57. The van der Waals surface area contributed by atoms with Gasteiger partial charge in [0.1, 0.15) is 5.82 Å². The molecule has 2 heterocycles. The standard InChI is InChI=1S/C23H27FN4O2.C2HF3O2/c24-20-5-7-21(8-6-20)27-10-12-28(13-11-27)22(29)16-26-23(30)18-4-3-17-2-1-9-25-15-19(17)14-18;3-2(4,5)1(6)7/h3-8,14,25H,1-2,9-13,15-16H2,(H,26,30);(H,6,7). The SMILES string of the molecule is O=C(NCC(=O)N1CCN(c2ccc(F)cc2)CC1)c1ccc2c(c1)CNCCC2.O=C(O)C(F)(F)F. The van der Waals surface area contributed by atoms with E-state index in [-0.39, 0.29) is 24.2 Å². The summed E-state index contributed by atoms with van der Waals surface area (Å²) in [6.07, 6.45) is -2.96. The molecule has 37 heavy (non-hydrogen) atoms. The highest BCUT2D eigenvalue weighted by molar-refractivity contribution is 5.96. The van der Waals surface area contributed by atoms with Crippen LogP contribution in [0.1, 0.15) is 27.9 Å². The molecule has 0 saturated carbocycles. The van der Waals surface area contributed by atoms with Crippen LogP contribution in [0.2, 0.25) is 0 Å².